The van der Waals surface area contributed by atoms with Gasteiger partial charge in [-0.25, -0.2) is 5.43 Å². The predicted molar refractivity (Wildman–Crippen MR) is 96.5 cm³/mol. The molecule has 0 unspecified atom stereocenters. The van der Waals surface area contributed by atoms with Gasteiger partial charge in [-0.05, 0) is 46.2 Å². The lowest BCUT2D eigenvalue weighted by Gasteiger charge is -2.15. The second-order valence-electron chi connectivity index (χ2n) is 6.80. The van der Waals surface area contributed by atoms with Crippen LogP contribution in [0.4, 0.5) is 0 Å². The van der Waals surface area contributed by atoms with Crippen LogP contribution in [-0.2, 0) is 4.79 Å². The van der Waals surface area contributed by atoms with Gasteiger partial charge in [0, 0.05) is 17.5 Å². The van der Waals surface area contributed by atoms with E-state index in [1.807, 2.05) is 6.07 Å². The summed E-state index contributed by atoms with van der Waals surface area (Å²) in [6.07, 6.45) is 6.40. The molecule has 2 aliphatic carbocycles. The molecule has 2 fully saturated rings. The number of halogens is 1. The molecule has 0 bridgehead atoms. The van der Waals surface area contributed by atoms with Gasteiger partial charge in [0.1, 0.15) is 11.5 Å². The molecule has 0 aliphatic heterocycles. The number of hydrogen-bond donors (Lipinski definition) is 1. The number of nitrogens with one attached hydrogen (secondary N) is 1. The summed E-state index contributed by atoms with van der Waals surface area (Å²) in [4.78, 5) is 12.4. The van der Waals surface area contributed by atoms with E-state index >= 15 is 0 Å². The molecule has 6 heteroatoms. The molecule has 0 spiro atoms. The van der Waals surface area contributed by atoms with Crippen molar-refractivity contribution in [2.75, 3.05) is 14.2 Å². The van der Waals surface area contributed by atoms with Gasteiger partial charge in [0.25, 0.3) is 0 Å². The standard InChI is InChI=1S/C18H23BrN2O3/c1-18-7-5-4-6-12(18)16(18)17(22)21-20-10-11-8-13(19)15(24-3)9-14(11)23-2/h8-10,12,16H,4-7H2,1-3H3,(H,21,22)/b20-10+/t12-,16-,18+/m0/s1. The Balaban J connectivity index is 1.66. The molecule has 0 saturated heterocycles. The van der Waals surface area contributed by atoms with E-state index < -0.39 is 0 Å². The Hall–Kier alpha value is -1.56. The van der Waals surface area contributed by atoms with Crippen LogP contribution in [-0.4, -0.2) is 26.3 Å². The number of benzene rings is 1. The van der Waals surface area contributed by atoms with Crippen molar-refractivity contribution in [1.29, 1.82) is 0 Å². The average molecular weight is 395 g/mol. The Labute approximate surface area is 150 Å². The summed E-state index contributed by atoms with van der Waals surface area (Å²) in [5.41, 5.74) is 3.66. The maximum absolute atomic E-state index is 12.4. The summed E-state index contributed by atoms with van der Waals surface area (Å²) in [5, 5.41) is 4.13. The van der Waals surface area contributed by atoms with Crippen LogP contribution in [0.3, 0.4) is 0 Å². The highest BCUT2D eigenvalue weighted by molar-refractivity contribution is 9.10. The van der Waals surface area contributed by atoms with E-state index in [2.05, 4.69) is 33.4 Å². The number of carbonyl (C=O) groups excluding carboxylic acids is 1. The molecule has 1 aromatic carbocycles. The number of fused-ring (bicyclic) bond motifs is 1. The number of hydrazone groups is 1. The first-order valence-electron chi connectivity index (χ1n) is 8.25. The number of hydrogen-bond acceptors (Lipinski definition) is 4. The van der Waals surface area contributed by atoms with Crippen LogP contribution in [0.15, 0.2) is 21.7 Å². The van der Waals surface area contributed by atoms with Crippen LogP contribution in [0.25, 0.3) is 0 Å². The molecule has 0 heterocycles. The van der Waals surface area contributed by atoms with Crippen molar-refractivity contribution in [3.05, 3.63) is 22.2 Å². The van der Waals surface area contributed by atoms with Gasteiger partial charge in [-0.3, -0.25) is 4.79 Å². The Morgan fingerprint density at radius 2 is 2.08 bits per heavy atom. The van der Waals surface area contributed by atoms with Gasteiger partial charge < -0.3 is 9.47 Å². The number of nitrogens with zero attached hydrogens (tertiary/aromatic N) is 1. The van der Waals surface area contributed by atoms with E-state index in [0.29, 0.717) is 17.4 Å². The fourth-order valence-corrected chi connectivity index (χ4v) is 4.59. The van der Waals surface area contributed by atoms with Gasteiger partial charge in [0.2, 0.25) is 5.91 Å². The second-order valence-corrected chi connectivity index (χ2v) is 7.65. The molecule has 24 heavy (non-hydrogen) atoms. The first-order chi connectivity index (χ1) is 11.5. The summed E-state index contributed by atoms with van der Waals surface area (Å²) in [7, 11) is 3.19. The average Bonchev–Trinajstić information content (AvgIpc) is 3.20. The fraction of sp³-hybridized carbons (Fsp3) is 0.556. The number of ether oxygens (including phenoxy) is 2. The zero-order valence-corrected chi connectivity index (χ0v) is 15.9. The normalized spacial score (nSPS) is 28.3. The highest BCUT2D eigenvalue weighted by atomic mass is 79.9. The quantitative estimate of drug-likeness (QED) is 0.610. The molecule has 130 valence electrons. The van der Waals surface area contributed by atoms with Gasteiger partial charge in [0.05, 0.1) is 24.9 Å². The molecule has 0 aromatic heterocycles. The van der Waals surface area contributed by atoms with Crippen molar-refractivity contribution >= 4 is 28.1 Å². The van der Waals surface area contributed by atoms with Crippen LogP contribution in [0, 0.1) is 17.3 Å². The Morgan fingerprint density at radius 1 is 1.33 bits per heavy atom. The first kappa shape index (κ1) is 17.3. The topological polar surface area (TPSA) is 59.9 Å². The number of amides is 1. The van der Waals surface area contributed by atoms with Crippen LogP contribution in [0.1, 0.15) is 38.2 Å². The molecule has 0 radical (unpaired) electrons. The van der Waals surface area contributed by atoms with Crippen LogP contribution in [0.2, 0.25) is 0 Å². The molecular weight excluding hydrogens is 372 g/mol. The molecule has 2 saturated carbocycles. The summed E-state index contributed by atoms with van der Waals surface area (Å²) in [5.74, 6) is 2.00. The van der Waals surface area contributed by atoms with Gasteiger partial charge in [0.15, 0.2) is 0 Å². The molecular formula is C18H23BrN2O3. The third-order valence-electron chi connectivity index (χ3n) is 5.50. The van der Waals surface area contributed by atoms with E-state index in [9.17, 15) is 4.79 Å². The predicted octanol–water partition coefficient (Wildman–Crippen LogP) is 3.74. The van der Waals surface area contributed by atoms with Crippen molar-refractivity contribution in [2.24, 2.45) is 22.4 Å². The van der Waals surface area contributed by atoms with Gasteiger partial charge in [-0.1, -0.05) is 19.8 Å². The lowest BCUT2D eigenvalue weighted by atomic mass is 9.90. The minimum absolute atomic E-state index is 0.0344. The van der Waals surface area contributed by atoms with Gasteiger partial charge >= 0.3 is 0 Å². The Kier molecular flexibility index (Phi) is 4.85. The monoisotopic (exact) mass is 394 g/mol. The van der Waals surface area contributed by atoms with E-state index in [1.165, 1.54) is 12.8 Å². The second kappa shape index (κ2) is 6.75. The van der Waals surface area contributed by atoms with E-state index in [-0.39, 0.29) is 17.2 Å². The van der Waals surface area contributed by atoms with Crippen LogP contribution in [0.5, 0.6) is 11.5 Å². The van der Waals surface area contributed by atoms with Crippen molar-refractivity contribution in [3.8, 4) is 11.5 Å². The van der Waals surface area contributed by atoms with Crippen molar-refractivity contribution in [3.63, 3.8) is 0 Å². The lowest BCUT2D eigenvalue weighted by molar-refractivity contribution is -0.123. The van der Waals surface area contributed by atoms with Gasteiger partial charge in [-0.15, -0.1) is 0 Å². The van der Waals surface area contributed by atoms with E-state index in [0.717, 1.165) is 22.9 Å². The number of carbonyl (C=O) groups is 1. The highest BCUT2D eigenvalue weighted by Crippen LogP contribution is 2.66. The zero-order valence-electron chi connectivity index (χ0n) is 14.3. The van der Waals surface area contributed by atoms with Gasteiger partial charge in [-0.2, -0.15) is 5.10 Å². The SMILES string of the molecule is COc1cc(OC)c(/C=N/NC(=O)[C@@H]2[C@@H]3CCCC[C@@]23C)cc1Br. The van der Waals surface area contributed by atoms with E-state index in [4.69, 9.17) is 9.47 Å². The summed E-state index contributed by atoms with van der Waals surface area (Å²) >= 11 is 3.44. The van der Waals surface area contributed by atoms with Crippen LogP contribution >= 0.6 is 15.9 Å². The molecule has 1 amide bonds. The lowest BCUT2D eigenvalue weighted by Crippen LogP contribution is -2.22. The number of rotatable bonds is 5. The molecule has 5 nitrogen and oxygen atoms in total. The largest absolute Gasteiger partial charge is 0.496 e. The fourth-order valence-electron chi connectivity index (χ4n) is 4.07. The minimum atomic E-state index is 0.0344. The molecule has 1 N–H and O–H groups in total. The summed E-state index contributed by atoms with van der Waals surface area (Å²) < 4.78 is 11.4. The smallest absolute Gasteiger partial charge is 0.244 e. The summed E-state index contributed by atoms with van der Waals surface area (Å²) in [6, 6.07) is 3.63. The van der Waals surface area contributed by atoms with Crippen molar-refractivity contribution in [2.45, 2.75) is 32.6 Å². The maximum Gasteiger partial charge on any atom is 0.244 e. The van der Waals surface area contributed by atoms with E-state index in [1.54, 1.807) is 26.5 Å². The molecule has 3 atom stereocenters. The Bertz CT molecular complexity index is 676. The third-order valence-corrected chi connectivity index (χ3v) is 6.12. The zero-order chi connectivity index (χ0) is 17.3. The van der Waals surface area contributed by atoms with Crippen LogP contribution < -0.4 is 14.9 Å². The third kappa shape index (κ3) is 3.04. The molecule has 2 aliphatic rings. The maximum atomic E-state index is 12.4. The molecule has 3 rings (SSSR count). The van der Waals surface area contributed by atoms with Crippen molar-refractivity contribution in [1.82, 2.24) is 5.43 Å². The molecule has 1 aromatic rings. The highest BCUT2D eigenvalue weighted by Gasteiger charge is 2.64. The minimum Gasteiger partial charge on any atom is -0.496 e. The first-order valence-corrected chi connectivity index (χ1v) is 9.05. The Morgan fingerprint density at radius 3 is 2.71 bits per heavy atom. The number of methoxy groups -OCH3 is 2. The summed E-state index contributed by atoms with van der Waals surface area (Å²) in [6.45, 7) is 2.23. The van der Waals surface area contributed by atoms with Crippen molar-refractivity contribution < 1.29 is 14.3 Å².